The number of carbonyl (C=O) groups excluding carboxylic acids is 1. The van der Waals surface area contributed by atoms with E-state index in [1.807, 2.05) is 56.3 Å². The highest BCUT2D eigenvalue weighted by atomic mass is 32.1. The molecule has 1 aliphatic rings. The van der Waals surface area contributed by atoms with E-state index in [2.05, 4.69) is 5.32 Å². The van der Waals surface area contributed by atoms with E-state index >= 15 is 0 Å². The first kappa shape index (κ1) is 16.2. The lowest BCUT2D eigenvalue weighted by atomic mass is 10.1. The van der Waals surface area contributed by atoms with Crippen LogP contribution in [0.4, 0.5) is 5.69 Å². The van der Waals surface area contributed by atoms with E-state index in [-0.39, 0.29) is 5.91 Å². The van der Waals surface area contributed by atoms with Gasteiger partial charge in [-0.3, -0.25) is 9.69 Å². The molecule has 0 atom stereocenters. The predicted octanol–water partition coefficient (Wildman–Crippen LogP) is 3.57. The second-order valence-corrected chi connectivity index (χ2v) is 6.06. The number of ether oxygens (including phenoxy) is 1. The van der Waals surface area contributed by atoms with Crippen molar-refractivity contribution in [3.63, 3.8) is 0 Å². The third kappa shape index (κ3) is 3.03. The van der Waals surface area contributed by atoms with Gasteiger partial charge in [0.15, 0.2) is 5.11 Å². The molecule has 1 amide bonds. The van der Waals surface area contributed by atoms with Gasteiger partial charge in [0, 0.05) is 0 Å². The Morgan fingerprint density at radius 1 is 1.08 bits per heavy atom. The third-order valence-corrected chi connectivity index (χ3v) is 4.34. The Balaban J connectivity index is 1.90. The molecule has 0 spiro atoms. The van der Waals surface area contributed by atoms with Gasteiger partial charge in [0.1, 0.15) is 11.4 Å². The highest BCUT2D eigenvalue weighted by Crippen LogP contribution is 2.25. The molecule has 0 saturated carbocycles. The Morgan fingerprint density at radius 2 is 1.79 bits per heavy atom. The van der Waals surface area contributed by atoms with E-state index < -0.39 is 0 Å². The first-order valence-corrected chi connectivity index (χ1v) is 7.99. The van der Waals surface area contributed by atoms with Gasteiger partial charge in [0.2, 0.25) is 0 Å². The van der Waals surface area contributed by atoms with Crippen LogP contribution in [-0.2, 0) is 4.79 Å². The largest absolute Gasteiger partial charge is 0.497 e. The first-order valence-electron chi connectivity index (χ1n) is 7.58. The van der Waals surface area contributed by atoms with Gasteiger partial charge in [0.05, 0.1) is 12.8 Å². The van der Waals surface area contributed by atoms with Crippen LogP contribution in [0.25, 0.3) is 6.08 Å². The van der Waals surface area contributed by atoms with E-state index in [1.165, 1.54) is 10.5 Å². The Kier molecular flexibility index (Phi) is 4.36. The summed E-state index contributed by atoms with van der Waals surface area (Å²) in [6.07, 6.45) is 1.79. The molecule has 0 radical (unpaired) electrons. The molecule has 0 bridgehead atoms. The molecular weight excluding hydrogens is 320 g/mol. The van der Waals surface area contributed by atoms with E-state index in [9.17, 15) is 4.79 Å². The average Bonchev–Trinajstić information content (AvgIpc) is 2.85. The van der Waals surface area contributed by atoms with Gasteiger partial charge in [-0.2, -0.15) is 0 Å². The molecule has 4 nitrogen and oxygen atoms in total. The topological polar surface area (TPSA) is 41.6 Å². The Morgan fingerprint density at radius 3 is 2.42 bits per heavy atom. The molecule has 122 valence electrons. The zero-order valence-electron chi connectivity index (χ0n) is 13.8. The summed E-state index contributed by atoms with van der Waals surface area (Å²) in [5, 5.41) is 3.39. The van der Waals surface area contributed by atoms with E-state index in [0.29, 0.717) is 10.8 Å². The predicted molar refractivity (Wildman–Crippen MR) is 100 cm³/mol. The Labute approximate surface area is 146 Å². The molecule has 5 heteroatoms. The number of methoxy groups -OCH3 is 1. The fraction of sp³-hybridized carbons (Fsp3) is 0.158. The highest BCUT2D eigenvalue weighted by molar-refractivity contribution is 7.80. The maximum atomic E-state index is 12.7. The first-order chi connectivity index (χ1) is 11.5. The third-order valence-electron chi connectivity index (χ3n) is 4.05. The van der Waals surface area contributed by atoms with Gasteiger partial charge >= 0.3 is 0 Å². The lowest BCUT2D eigenvalue weighted by Crippen LogP contribution is -2.30. The molecule has 2 aromatic rings. The lowest BCUT2D eigenvalue weighted by molar-refractivity contribution is -0.113. The summed E-state index contributed by atoms with van der Waals surface area (Å²) in [5.41, 5.74) is 4.44. The second kappa shape index (κ2) is 6.45. The van der Waals surface area contributed by atoms with Crippen LogP contribution in [-0.4, -0.2) is 18.1 Å². The van der Waals surface area contributed by atoms with Crippen molar-refractivity contribution in [3.05, 3.63) is 64.9 Å². The fourth-order valence-electron chi connectivity index (χ4n) is 2.50. The zero-order chi connectivity index (χ0) is 17.3. The number of hydrogen-bond acceptors (Lipinski definition) is 3. The van der Waals surface area contributed by atoms with Gasteiger partial charge in [0.25, 0.3) is 5.91 Å². The number of anilines is 1. The van der Waals surface area contributed by atoms with Crippen molar-refractivity contribution >= 4 is 35.0 Å². The van der Waals surface area contributed by atoms with E-state index in [0.717, 1.165) is 22.6 Å². The minimum Gasteiger partial charge on any atom is -0.497 e. The van der Waals surface area contributed by atoms with Crippen molar-refractivity contribution in [3.8, 4) is 5.75 Å². The van der Waals surface area contributed by atoms with Crippen molar-refractivity contribution in [2.45, 2.75) is 13.8 Å². The van der Waals surface area contributed by atoms with Crippen molar-refractivity contribution in [2.24, 2.45) is 0 Å². The number of amides is 1. The highest BCUT2D eigenvalue weighted by Gasteiger charge is 2.32. The fourth-order valence-corrected chi connectivity index (χ4v) is 2.80. The van der Waals surface area contributed by atoms with Crippen LogP contribution in [0.3, 0.4) is 0 Å². The normalized spacial score (nSPS) is 15.8. The van der Waals surface area contributed by atoms with Crippen molar-refractivity contribution in [1.29, 1.82) is 0 Å². The summed E-state index contributed by atoms with van der Waals surface area (Å²) >= 11 is 5.34. The molecule has 1 fully saturated rings. The molecule has 0 aromatic heterocycles. The molecule has 2 aromatic carbocycles. The molecule has 1 N–H and O–H groups in total. The summed E-state index contributed by atoms with van der Waals surface area (Å²) in [5.74, 6) is 0.620. The van der Waals surface area contributed by atoms with Crippen molar-refractivity contribution < 1.29 is 9.53 Å². The molecule has 1 heterocycles. The number of rotatable bonds is 3. The molecule has 0 unspecified atom stereocenters. The minimum atomic E-state index is -0.154. The van der Waals surface area contributed by atoms with Crippen LogP contribution >= 0.6 is 12.2 Å². The molecule has 0 aliphatic carbocycles. The van der Waals surface area contributed by atoms with Gasteiger partial charge in [-0.1, -0.05) is 18.2 Å². The number of aryl methyl sites for hydroxylation is 2. The number of hydrogen-bond donors (Lipinski definition) is 1. The average molecular weight is 338 g/mol. The van der Waals surface area contributed by atoms with Crippen LogP contribution in [0.1, 0.15) is 16.7 Å². The van der Waals surface area contributed by atoms with Gasteiger partial charge in [-0.25, -0.2) is 0 Å². The monoisotopic (exact) mass is 338 g/mol. The standard InChI is InChI=1S/C19H18N2O2S/c1-12-4-7-15(10-13(12)2)21-18(22)17(20-19(21)24)11-14-5-8-16(23-3)9-6-14/h4-11H,1-3H3,(H,20,24)/b17-11+. The second-order valence-electron chi connectivity index (χ2n) is 5.67. The summed E-state index contributed by atoms with van der Waals surface area (Å²) < 4.78 is 5.14. The van der Waals surface area contributed by atoms with Crippen molar-refractivity contribution in [1.82, 2.24) is 5.32 Å². The maximum Gasteiger partial charge on any atom is 0.281 e. The Hall–Kier alpha value is -2.66. The van der Waals surface area contributed by atoms with Gasteiger partial charge in [-0.05, 0) is 73.1 Å². The molecule has 1 saturated heterocycles. The van der Waals surface area contributed by atoms with Crippen LogP contribution in [0, 0.1) is 13.8 Å². The zero-order valence-corrected chi connectivity index (χ0v) is 14.6. The number of nitrogens with zero attached hydrogens (tertiary/aromatic N) is 1. The summed E-state index contributed by atoms with van der Waals surface area (Å²) in [6, 6.07) is 13.4. The summed E-state index contributed by atoms with van der Waals surface area (Å²) in [4.78, 5) is 14.2. The van der Waals surface area contributed by atoms with Gasteiger partial charge in [-0.15, -0.1) is 0 Å². The SMILES string of the molecule is COc1ccc(/C=C2/NC(=S)N(c3ccc(C)c(C)c3)C2=O)cc1. The smallest absolute Gasteiger partial charge is 0.281 e. The molecule has 1 aliphatic heterocycles. The molecular formula is C19H18N2O2S. The number of carbonyl (C=O) groups is 1. The quantitative estimate of drug-likeness (QED) is 0.686. The van der Waals surface area contributed by atoms with E-state index in [4.69, 9.17) is 17.0 Å². The van der Waals surface area contributed by atoms with Crippen LogP contribution in [0.2, 0.25) is 0 Å². The molecule has 3 rings (SSSR count). The van der Waals surface area contributed by atoms with Crippen LogP contribution < -0.4 is 15.0 Å². The van der Waals surface area contributed by atoms with E-state index in [1.54, 1.807) is 13.2 Å². The van der Waals surface area contributed by atoms with Crippen molar-refractivity contribution in [2.75, 3.05) is 12.0 Å². The number of thiocarbonyl (C=S) groups is 1. The van der Waals surface area contributed by atoms with Gasteiger partial charge < -0.3 is 10.1 Å². The van der Waals surface area contributed by atoms with Crippen LogP contribution in [0.15, 0.2) is 48.2 Å². The Bertz CT molecular complexity index is 841. The minimum absolute atomic E-state index is 0.154. The number of benzene rings is 2. The molecule has 24 heavy (non-hydrogen) atoms. The summed E-state index contributed by atoms with van der Waals surface area (Å²) in [6.45, 7) is 4.06. The lowest BCUT2D eigenvalue weighted by Gasteiger charge is -2.15. The van der Waals surface area contributed by atoms with Crippen LogP contribution in [0.5, 0.6) is 5.75 Å². The number of nitrogens with one attached hydrogen (secondary N) is 1. The summed E-state index contributed by atoms with van der Waals surface area (Å²) in [7, 11) is 1.62. The maximum absolute atomic E-state index is 12.7.